The van der Waals surface area contributed by atoms with Crippen LogP contribution in [0.4, 0.5) is 22.8 Å². The number of aromatic nitrogens is 2. The molecule has 2 atom stereocenters. The van der Waals surface area contributed by atoms with Gasteiger partial charge in [-0.25, -0.2) is 19.3 Å². The first-order valence-corrected chi connectivity index (χ1v) is 12.2. The van der Waals surface area contributed by atoms with Crippen molar-refractivity contribution < 1.29 is 32.3 Å². The van der Waals surface area contributed by atoms with Crippen LogP contribution in [0.3, 0.4) is 0 Å². The van der Waals surface area contributed by atoms with Crippen LogP contribution in [0.2, 0.25) is 0 Å². The molecule has 2 heterocycles. The van der Waals surface area contributed by atoms with E-state index < -0.39 is 53.1 Å². The molecule has 0 aliphatic carbocycles. The molecular weight excluding hydrogens is 505 g/mol. The topological polar surface area (TPSA) is 100 Å². The van der Waals surface area contributed by atoms with Crippen molar-refractivity contribution in [3.8, 4) is 5.69 Å². The Balaban J connectivity index is 1.78. The first-order valence-electron chi connectivity index (χ1n) is 12.2. The zero-order valence-electron chi connectivity index (χ0n) is 22.2. The number of halogens is 3. The van der Waals surface area contributed by atoms with Crippen LogP contribution in [0.1, 0.15) is 57.6 Å². The Labute approximate surface area is 219 Å². The highest BCUT2D eigenvalue weighted by Crippen LogP contribution is 2.31. The Morgan fingerprint density at radius 1 is 1.08 bits per heavy atom. The van der Waals surface area contributed by atoms with E-state index in [0.717, 1.165) is 15.9 Å². The van der Waals surface area contributed by atoms with Gasteiger partial charge in [0.2, 0.25) is 0 Å². The van der Waals surface area contributed by atoms with Gasteiger partial charge in [0.05, 0.1) is 11.3 Å². The van der Waals surface area contributed by atoms with E-state index in [-0.39, 0.29) is 19.6 Å². The van der Waals surface area contributed by atoms with Gasteiger partial charge in [-0.3, -0.25) is 10.2 Å². The Kier molecular flexibility index (Phi) is 8.27. The number of amides is 4. The molecule has 2 aromatic rings. The maximum Gasteiger partial charge on any atom is 0.435 e. The maximum atomic E-state index is 13.7. The first kappa shape index (κ1) is 28.8. The molecule has 4 amide bonds. The summed E-state index contributed by atoms with van der Waals surface area (Å²) in [4.78, 5) is 41.9. The van der Waals surface area contributed by atoms with Crippen LogP contribution in [0.25, 0.3) is 5.69 Å². The Hall–Kier alpha value is -3.77. The standard InChI is InChI=1S/C25H33F3N6O4/c1-7-32(22(36)34-16(2)13-31(14-17(34)3)23(37)38-24(4,5)6)30-21(35)19-15-33(18-11-9-8-10-12-18)29-20(19)25(26,27)28/h8-12,15-17H,7,13-14H2,1-6H3,(H,30,35). The number of hydrogen-bond donors (Lipinski definition) is 1. The molecule has 208 valence electrons. The van der Waals surface area contributed by atoms with E-state index in [9.17, 15) is 27.6 Å². The van der Waals surface area contributed by atoms with Crippen molar-refractivity contribution in [3.05, 3.63) is 47.8 Å². The number of alkyl halides is 3. The van der Waals surface area contributed by atoms with Crippen LogP contribution in [0.15, 0.2) is 36.5 Å². The molecule has 13 heteroatoms. The average Bonchev–Trinajstić information content (AvgIpc) is 3.28. The summed E-state index contributed by atoms with van der Waals surface area (Å²) in [5.74, 6) is -1.12. The van der Waals surface area contributed by atoms with E-state index in [4.69, 9.17) is 4.74 Å². The van der Waals surface area contributed by atoms with Crippen molar-refractivity contribution in [2.75, 3.05) is 19.6 Å². The fourth-order valence-electron chi connectivity index (χ4n) is 4.22. The van der Waals surface area contributed by atoms with E-state index in [1.54, 1.807) is 71.9 Å². The summed E-state index contributed by atoms with van der Waals surface area (Å²) >= 11 is 0. The van der Waals surface area contributed by atoms with Crippen molar-refractivity contribution in [3.63, 3.8) is 0 Å². The lowest BCUT2D eigenvalue weighted by molar-refractivity contribution is -0.141. The normalized spacial score (nSPS) is 18.2. The molecule has 0 saturated carbocycles. The molecule has 3 rings (SSSR count). The molecular formula is C25H33F3N6O4. The van der Waals surface area contributed by atoms with Gasteiger partial charge in [-0.1, -0.05) is 18.2 Å². The molecule has 1 aromatic heterocycles. The van der Waals surface area contributed by atoms with Crippen LogP contribution >= 0.6 is 0 Å². The summed E-state index contributed by atoms with van der Waals surface area (Å²) < 4.78 is 47.6. The summed E-state index contributed by atoms with van der Waals surface area (Å²) in [6.45, 7) is 10.7. The second-order valence-corrected chi connectivity index (χ2v) is 10.1. The third-order valence-electron chi connectivity index (χ3n) is 5.82. The number of benzene rings is 1. The van der Waals surface area contributed by atoms with Crippen molar-refractivity contribution in [2.45, 2.75) is 65.4 Å². The summed E-state index contributed by atoms with van der Waals surface area (Å²) in [5.41, 5.74) is -0.115. The highest BCUT2D eigenvalue weighted by Gasteiger charge is 2.41. The summed E-state index contributed by atoms with van der Waals surface area (Å²) in [5, 5.41) is 4.54. The molecule has 1 N–H and O–H groups in total. The monoisotopic (exact) mass is 538 g/mol. The molecule has 10 nitrogen and oxygen atoms in total. The zero-order valence-corrected chi connectivity index (χ0v) is 22.2. The van der Waals surface area contributed by atoms with Crippen LogP contribution in [-0.4, -0.2) is 79.9 Å². The van der Waals surface area contributed by atoms with Crippen LogP contribution in [-0.2, 0) is 10.9 Å². The van der Waals surface area contributed by atoms with Gasteiger partial charge in [-0.2, -0.15) is 18.3 Å². The SMILES string of the molecule is CCN(NC(=O)c1cn(-c2ccccc2)nc1C(F)(F)F)C(=O)N1C(C)CN(C(=O)OC(C)(C)C)CC1C. The number of nitrogens with one attached hydrogen (secondary N) is 1. The number of carbonyl (C=O) groups is 3. The molecule has 1 saturated heterocycles. The third-order valence-corrected chi connectivity index (χ3v) is 5.82. The van der Waals surface area contributed by atoms with E-state index in [1.807, 2.05) is 0 Å². The van der Waals surface area contributed by atoms with E-state index in [1.165, 1.54) is 9.80 Å². The zero-order chi connectivity index (χ0) is 28.4. The summed E-state index contributed by atoms with van der Waals surface area (Å²) in [6.07, 6.45) is -4.41. The minimum Gasteiger partial charge on any atom is -0.444 e. The van der Waals surface area contributed by atoms with Gasteiger partial charge >= 0.3 is 18.3 Å². The number of carbonyl (C=O) groups excluding carboxylic acids is 3. The number of nitrogens with zero attached hydrogens (tertiary/aromatic N) is 5. The number of hydrogen-bond acceptors (Lipinski definition) is 5. The number of hydrazine groups is 1. The predicted molar refractivity (Wildman–Crippen MR) is 132 cm³/mol. The number of urea groups is 1. The highest BCUT2D eigenvalue weighted by molar-refractivity contribution is 5.96. The van der Waals surface area contributed by atoms with Gasteiger partial charge in [0.25, 0.3) is 5.91 Å². The van der Waals surface area contributed by atoms with Gasteiger partial charge in [-0.15, -0.1) is 0 Å². The molecule has 1 aliphatic heterocycles. The maximum absolute atomic E-state index is 13.7. The minimum atomic E-state index is -4.89. The van der Waals surface area contributed by atoms with Gasteiger partial charge in [0.15, 0.2) is 5.69 Å². The van der Waals surface area contributed by atoms with Crippen molar-refractivity contribution in [1.29, 1.82) is 0 Å². The molecule has 0 bridgehead atoms. The van der Waals surface area contributed by atoms with Crippen LogP contribution < -0.4 is 5.43 Å². The molecule has 0 spiro atoms. The minimum absolute atomic E-state index is 0.00946. The molecule has 38 heavy (non-hydrogen) atoms. The smallest absolute Gasteiger partial charge is 0.435 e. The largest absolute Gasteiger partial charge is 0.444 e. The van der Waals surface area contributed by atoms with Gasteiger partial charge in [0.1, 0.15) is 5.60 Å². The quantitative estimate of drug-likeness (QED) is 0.588. The van der Waals surface area contributed by atoms with Crippen LogP contribution in [0.5, 0.6) is 0 Å². The second kappa shape index (κ2) is 10.9. The predicted octanol–water partition coefficient (Wildman–Crippen LogP) is 4.31. The number of ether oxygens (including phenoxy) is 1. The van der Waals surface area contributed by atoms with Crippen molar-refractivity contribution in [2.24, 2.45) is 0 Å². The lowest BCUT2D eigenvalue weighted by atomic mass is 10.1. The fraction of sp³-hybridized carbons (Fsp3) is 0.520. The lowest BCUT2D eigenvalue weighted by Gasteiger charge is -2.45. The molecule has 1 aromatic carbocycles. The third kappa shape index (κ3) is 6.56. The van der Waals surface area contributed by atoms with E-state index in [2.05, 4.69) is 10.5 Å². The van der Waals surface area contributed by atoms with Crippen molar-refractivity contribution >= 4 is 18.0 Å². The highest BCUT2D eigenvalue weighted by atomic mass is 19.4. The Bertz CT molecular complexity index is 1150. The van der Waals surface area contributed by atoms with Crippen LogP contribution in [0, 0.1) is 0 Å². The first-order chi connectivity index (χ1) is 17.6. The Morgan fingerprint density at radius 3 is 2.16 bits per heavy atom. The number of para-hydroxylation sites is 1. The van der Waals surface area contributed by atoms with Gasteiger partial charge < -0.3 is 14.5 Å². The van der Waals surface area contributed by atoms with Gasteiger partial charge in [0, 0.05) is 37.9 Å². The Morgan fingerprint density at radius 2 is 1.66 bits per heavy atom. The fourth-order valence-corrected chi connectivity index (χ4v) is 4.22. The molecule has 1 aliphatic rings. The van der Waals surface area contributed by atoms with Gasteiger partial charge in [-0.05, 0) is 53.7 Å². The summed E-state index contributed by atoms with van der Waals surface area (Å²) in [6, 6.07) is 6.57. The van der Waals surface area contributed by atoms with E-state index in [0.29, 0.717) is 5.69 Å². The average molecular weight is 539 g/mol. The summed E-state index contributed by atoms with van der Waals surface area (Å²) in [7, 11) is 0. The van der Waals surface area contributed by atoms with Crippen molar-refractivity contribution in [1.82, 2.24) is 30.0 Å². The molecule has 1 fully saturated rings. The molecule has 0 radical (unpaired) electrons. The van der Waals surface area contributed by atoms with E-state index >= 15 is 0 Å². The number of piperazine rings is 1. The second-order valence-electron chi connectivity index (χ2n) is 10.1. The number of rotatable bonds is 3. The lowest BCUT2D eigenvalue weighted by Crippen LogP contribution is -2.64. The molecule has 2 unspecified atom stereocenters.